The van der Waals surface area contributed by atoms with E-state index in [-0.39, 0.29) is 0 Å². The van der Waals surface area contributed by atoms with Crippen molar-refractivity contribution < 1.29 is 4.74 Å². The highest BCUT2D eigenvalue weighted by Crippen LogP contribution is 2.42. The van der Waals surface area contributed by atoms with Crippen molar-refractivity contribution in [1.29, 1.82) is 0 Å². The maximum Gasteiger partial charge on any atom is 0.0746 e. The van der Waals surface area contributed by atoms with Crippen molar-refractivity contribution in [3.8, 4) is 0 Å². The lowest BCUT2D eigenvalue weighted by Gasteiger charge is -2.17. The van der Waals surface area contributed by atoms with E-state index in [0.29, 0.717) is 17.0 Å². The molecule has 3 atom stereocenters. The van der Waals surface area contributed by atoms with Crippen LogP contribution in [0.4, 0.5) is 0 Å². The van der Waals surface area contributed by atoms with E-state index >= 15 is 0 Å². The maximum absolute atomic E-state index is 5.97. The lowest BCUT2D eigenvalue weighted by atomic mass is 10.0. The topological polar surface area (TPSA) is 9.23 Å². The summed E-state index contributed by atoms with van der Waals surface area (Å²) in [4.78, 5) is 0.297. The Balaban J connectivity index is 1.97. The Morgan fingerprint density at radius 2 is 2.22 bits per heavy atom. The molecule has 18 heavy (non-hydrogen) atoms. The van der Waals surface area contributed by atoms with Crippen LogP contribution in [0.15, 0.2) is 28.1 Å². The van der Waals surface area contributed by atoms with Crippen LogP contribution in [0.1, 0.15) is 30.2 Å². The summed E-state index contributed by atoms with van der Waals surface area (Å²) < 4.78 is 8.47. The van der Waals surface area contributed by atoms with Gasteiger partial charge in [-0.3, -0.25) is 0 Å². The Kier molecular flexibility index (Phi) is 3.81. The molecule has 1 fully saturated rings. The predicted octanol–water partition coefficient (Wildman–Crippen LogP) is 5.67. The highest BCUT2D eigenvalue weighted by atomic mass is 79.9. The molecule has 0 N–H and O–H groups in total. The number of hydrogen-bond acceptors (Lipinski definition) is 2. The molecule has 0 spiro atoms. The molecule has 0 saturated carbocycles. The monoisotopic (exact) mass is 388 g/mol. The molecule has 1 aromatic heterocycles. The molecule has 0 amide bonds. The minimum Gasteiger partial charge on any atom is -0.374 e. The van der Waals surface area contributed by atoms with Crippen molar-refractivity contribution >= 4 is 53.3 Å². The van der Waals surface area contributed by atoms with E-state index in [4.69, 9.17) is 4.74 Å². The largest absolute Gasteiger partial charge is 0.374 e. The molecule has 1 aromatic carbocycles. The highest BCUT2D eigenvalue weighted by Gasteiger charge is 2.30. The first-order valence-electron chi connectivity index (χ1n) is 6.12. The Hall–Kier alpha value is 0.1000. The number of rotatable bonds is 2. The van der Waals surface area contributed by atoms with Crippen LogP contribution in [-0.2, 0) is 4.74 Å². The summed E-state index contributed by atoms with van der Waals surface area (Å²) >= 11 is 9.24. The normalized spacial score (nSPS) is 25.7. The highest BCUT2D eigenvalue weighted by molar-refractivity contribution is 9.10. The van der Waals surface area contributed by atoms with Gasteiger partial charge in [0.05, 0.1) is 17.0 Å². The average molecular weight is 390 g/mol. The lowest BCUT2D eigenvalue weighted by Crippen LogP contribution is -2.13. The second-order valence-electron chi connectivity index (χ2n) is 4.77. The molecule has 1 aliphatic rings. The Morgan fingerprint density at radius 1 is 1.39 bits per heavy atom. The molecule has 3 unspecified atom stereocenters. The standard InChI is InChI=1S/C14H14Br2OS/c1-8-5-6-12(17-8)13(16)10-7-18-14-9(10)3-2-4-11(14)15/h2-4,7-8,12-13H,5-6H2,1H3. The van der Waals surface area contributed by atoms with E-state index in [1.165, 1.54) is 26.5 Å². The number of hydrogen-bond donors (Lipinski definition) is 0. The van der Waals surface area contributed by atoms with Gasteiger partial charge in [0.15, 0.2) is 0 Å². The van der Waals surface area contributed by atoms with Crippen LogP contribution in [0.2, 0.25) is 0 Å². The SMILES string of the molecule is CC1CCC(C(Br)c2csc3c(Br)cccc23)O1. The van der Waals surface area contributed by atoms with Crippen LogP contribution in [0.3, 0.4) is 0 Å². The number of thiophene rings is 1. The molecule has 2 aromatic rings. The van der Waals surface area contributed by atoms with Crippen molar-refractivity contribution in [2.75, 3.05) is 0 Å². The zero-order valence-electron chi connectivity index (χ0n) is 10.0. The second kappa shape index (κ2) is 5.23. The van der Waals surface area contributed by atoms with Gasteiger partial charge in [0, 0.05) is 9.17 Å². The zero-order valence-corrected chi connectivity index (χ0v) is 14.0. The Bertz CT molecular complexity index is 566. The van der Waals surface area contributed by atoms with Gasteiger partial charge < -0.3 is 4.74 Å². The van der Waals surface area contributed by atoms with Crippen molar-refractivity contribution in [1.82, 2.24) is 0 Å². The lowest BCUT2D eigenvalue weighted by molar-refractivity contribution is 0.0559. The van der Waals surface area contributed by atoms with Crippen molar-refractivity contribution in [2.45, 2.75) is 36.8 Å². The van der Waals surface area contributed by atoms with E-state index in [9.17, 15) is 0 Å². The first-order valence-corrected chi connectivity index (χ1v) is 8.71. The third-order valence-electron chi connectivity index (χ3n) is 3.47. The second-order valence-corrected chi connectivity index (χ2v) is 7.49. The van der Waals surface area contributed by atoms with Crippen LogP contribution in [-0.4, -0.2) is 12.2 Å². The fourth-order valence-corrected chi connectivity index (χ4v) is 5.11. The average Bonchev–Trinajstić information content (AvgIpc) is 2.95. The van der Waals surface area contributed by atoms with Crippen LogP contribution < -0.4 is 0 Å². The van der Waals surface area contributed by atoms with Crippen molar-refractivity contribution in [2.24, 2.45) is 0 Å². The molecule has 0 radical (unpaired) electrons. The molecule has 1 saturated heterocycles. The van der Waals surface area contributed by atoms with E-state index in [0.717, 1.165) is 6.42 Å². The molecule has 96 valence electrons. The smallest absolute Gasteiger partial charge is 0.0746 e. The fourth-order valence-electron chi connectivity index (χ4n) is 2.50. The van der Waals surface area contributed by atoms with Crippen LogP contribution in [0.5, 0.6) is 0 Å². The van der Waals surface area contributed by atoms with Crippen molar-refractivity contribution in [3.05, 3.63) is 33.6 Å². The molecule has 0 aliphatic carbocycles. The van der Waals surface area contributed by atoms with Gasteiger partial charge in [-0.15, -0.1) is 11.3 Å². The number of ether oxygens (including phenoxy) is 1. The molecule has 3 rings (SSSR count). The number of alkyl halides is 1. The number of fused-ring (bicyclic) bond motifs is 1. The van der Waals surface area contributed by atoms with Gasteiger partial charge in [0.2, 0.25) is 0 Å². The molecule has 1 nitrogen and oxygen atoms in total. The number of benzene rings is 1. The van der Waals surface area contributed by atoms with Gasteiger partial charge >= 0.3 is 0 Å². The van der Waals surface area contributed by atoms with E-state index in [1.807, 2.05) is 0 Å². The minimum atomic E-state index is 0.297. The van der Waals surface area contributed by atoms with E-state index in [1.54, 1.807) is 11.3 Å². The molecule has 2 heterocycles. The third kappa shape index (κ3) is 2.28. The summed E-state index contributed by atoms with van der Waals surface area (Å²) in [5.74, 6) is 0. The summed E-state index contributed by atoms with van der Waals surface area (Å²) in [5.41, 5.74) is 1.36. The molecule has 4 heteroatoms. The summed E-state index contributed by atoms with van der Waals surface area (Å²) in [6.07, 6.45) is 3.00. The fraction of sp³-hybridized carbons (Fsp3) is 0.429. The summed E-state index contributed by atoms with van der Waals surface area (Å²) in [6, 6.07) is 6.39. The van der Waals surface area contributed by atoms with E-state index < -0.39 is 0 Å². The van der Waals surface area contributed by atoms with Crippen LogP contribution in [0.25, 0.3) is 10.1 Å². The van der Waals surface area contributed by atoms with Gasteiger partial charge in [-0.1, -0.05) is 28.1 Å². The van der Waals surface area contributed by atoms with Gasteiger partial charge in [-0.05, 0) is 58.1 Å². The van der Waals surface area contributed by atoms with Gasteiger partial charge in [-0.25, -0.2) is 0 Å². The first kappa shape index (κ1) is 13.1. The molecular formula is C14H14Br2OS. The predicted molar refractivity (Wildman–Crippen MR) is 84.8 cm³/mol. The van der Waals surface area contributed by atoms with Crippen LogP contribution in [0, 0.1) is 0 Å². The van der Waals surface area contributed by atoms with Gasteiger partial charge in [0.25, 0.3) is 0 Å². The summed E-state index contributed by atoms with van der Waals surface area (Å²) in [5, 5.41) is 3.58. The maximum atomic E-state index is 5.97. The Morgan fingerprint density at radius 3 is 2.94 bits per heavy atom. The quantitative estimate of drug-likeness (QED) is 0.601. The van der Waals surface area contributed by atoms with Gasteiger partial charge in [-0.2, -0.15) is 0 Å². The van der Waals surface area contributed by atoms with E-state index in [2.05, 4.69) is 62.4 Å². The first-order chi connectivity index (χ1) is 8.66. The molecular weight excluding hydrogens is 376 g/mol. The third-order valence-corrected chi connectivity index (χ3v) is 6.52. The Labute approximate surface area is 128 Å². The summed E-state index contributed by atoms with van der Waals surface area (Å²) in [7, 11) is 0. The number of halogens is 2. The summed E-state index contributed by atoms with van der Waals surface area (Å²) in [6.45, 7) is 2.15. The van der Waals surface area contributed by atoms with Crippen LogP contribution >= 0.6 is 43.2 Å². The van der Waals surface area contributed by atoms with Gasteiger partial charge in [0.1, 0.15) is 0 Å². The molecule has 1 aliphatic heterocycles. The zero-order chi connectivity index (χ0) is 12.7. The van der Waals surface area contributed by atoms with Crippen molar-refractivity contribution in [3.63, 3.8) is 0 Å². The minimum absolute atomic E-state index is 0.297. The molecule has 0 bridgehead atoms.